The van der Waals surface area contributed by atoms with Crippen LogP contribution in [0.5, 0.6) is 5.75 Å². The smallest absolute Gasteiger partial charge is 0.275 e. The van der Waals surface area contributed by atoms with E-state index in [1.807, 2.05) is 0 Å². The van der Waals surface area contributed by atoms with Crippen molar-refractivity contribution in [3.8, 4) is 5.75 Å². The molecular formula is C25H33F2N3O7. The van der Waals surface area contributed by atoms with Gasteiger partial charge in [-0.25, -0.2) is 9.40 Å². The van der Waals surface area contributed by atoms with Gasteiger partial charge in [0.2, 0.25) is 12.2 Å². The summed E-state index contributed by atoms with van der Waals surface area (Å²) >= 11 is 0. The summed E-state index contributed by atoms with van der Waals surface area (Å²) in [7, 11) is 1.59. The number of aliphatic hydroxyl groups is 2. The quantitative estimate of drug-likeness (QED) is 0.184. The highest BCUT2D eigenvalue weighted by molar-refractivity contribution is 6.11. The molecule has 0 aromatic heterocycles. The number of carbonyl (C=O) groups excluding carboxylic acids is 3. The molecule has 0 bridgehead atoms. The first kappa shape index (κ1) is 28.5. The van der Waals surface area contributed by atoms with E-state index in [0.29, 0.717) is 25.5 Å². The molecule has 204 valence electrons. The van der Waals surface area contributed by atoms with Crippen molar-refractivity contribution in [3.05, 3.63) is 40.7 Å². The van der Waals surface area contributed by atoms with Crippen molar-refractivity contribution in [1.29, 1.82) is 0 Å². The van der Waals surface area contributed by atoms with Crippen LogP contribution in [-0.2, 0) is 25.7 Å². The van der Waals surface area contributed by atoms with E-state index in [9.17, 15) is 33.4 Å². The topological polar surface area (TPSA) is 120 Å². The van der Waals surface area contributed by atoms with Crippen molar-refractivity contribution in [2.45, 2.75) is 57.3 Å². The van der Waals surface area contributed by atoms with Crippen LogP contribution in [0.4, 0.5) is 8.78 Å². The van der Waals surface area contributed by atoms with Crippen LogP contribution < -0.4 is 4.74 Å². The van der Waals surface area contributed by atoms with Crippen LogP contribution >= 0.6 is 0 Å². The lowest BCUT2D eigenvalue weighted by Gasteiger charge is -2.48. The molecule has 1 aliphatic heterocycles. The molecule has 0 atom stereocenters. The first-order chi connectivity index (χ1) is 17.5. The molecule has 0 saturated heterocycles. The Kier molecular flexibility index (Phi) is 8.88. The molecule has 37 heavy (non-hydrogen) atoms. The van der Waals surface area contributed by atoms with Gasteiger partial charge in [0.1, 0.15) is 23.7 Å². The number of benzene rings is 1. The van der Waals surface area contributed by atoms with Gasteiger partial charge < -0.3 is 24.6 Å². The Balaban J connectivity index is 1.63. The maximum Gasteiger partial charge on any atom is 0.275 e. The van der Waals surface area contributed by atoms with E-state index in [2.05, 4.69) is 0 Å². The zero-order valence-electron chi connectivity index (χ0n) is 21.2. The summed E-state index contributed by atoms with van der Waals surface area (Å²) in [6.07, 6.45) is 3.42. The number of aliphatic hydroxyl groups excluding tert-OH is 1. The number of hydrazine groups is 1. The first-order valence-corrected chi connectivity index (χ1v) is 12.0. The van der Waals surface area contributed by atoms with E-state index < -0.39 is 28.8 Å². The maximum absolute atomic E-state index is 14.9. The zero-order valence-corrected chi connectivity index (χ0v) is 21.2. The minimum atomic E-state index is -1.33. The highest BCUT2D eigenvalue weighted by Gasteiger charge is 2.51. The standard InChI is InChI=1S/C25H33F2N3O7/c1-24(2,35)29(16-32)10-11-36-12-13-37-19-7-6-17(20(26)21(19)27)14-30-23(34)18(15-31)22(33)25(28(30)3)8-4-5-9-25/h6-7,15-16,33,35H,4-5,8-14H2,1-3H3. The Morgan fingerprint density at radius 2 is 1.81 bits per heavy atom. The SMILES string of the molecule is CN1N(Cc2ccc(OCCOCCN(C=O)C(C)(C)O)c(F)c2F)C(=O)C(C=O)=C(O)C12CCCC2. The molecule has 2 N–H and O–H groups in total. The fourth-order valence-electron chi connectivity index (χ4n) is 4.71. The third-order valence-electron chi connectivity index (χ3n) is 6.93. The van der Waals surface area contributed by atoms with E-state index in [4.69, 9.17) is 9.47 Å². The van der Waals surface area contributed by atoms with Crippen LogP contribution in [-0.4, -0.2) is 88.4 Å². The van der Waals surface area contributed by atoms with Gasteiger partial charge in [-0.05, 0) is 32.8 Å². The van der Waals surface area contributed by atoms with E-state index in [0.717, 1.165) is 22.8 Å². The van der Waals surface area contributed by atoms with Crippen molar-refractivity contribution < 1.29 is 42.9 Å². The molecule has 1 saturated carbocycles. The van der Waals surface area contributed by atoms with E-state index in [1.54, 1.807) is 7.05 Å². The Hall–Kier alpha value is -3.09. The third kappa shape index (κ3) is 5.76. The largest absolute Gasteiger partial charge is 0.509 e. The zero-order chi connectivity index (χ0) is 27.4. The van der Waals surface area contributed by atoms with Gasteiger partial charge in [-0.2, -0.15) is 4.39 Å². The molecule has 2 amide bonds. The normalized spacial score (nSPS) is 18.0. The number of rotatable bonds is 12. The minimum absolute atomic E-state index is 0.0286. The number of likely N-dealkylation sites (N-methyl/N-ethyl adjacent to an activating group) is 1. The second-order valence-corrected chi connectivity index (χ2v) is 9.61. The fraction of sp³-hybridized carbons (Fsp3) is 0.560. The summed E-state index contributed by atoms with van der Waals surface area (Å²) in [6.45, 7) is 2.74. The highest BCUT2D eigenvalue weighted by atomic mass is 19.2. The number of ether oxygens (including phenoxy) is 2. The summed E-state index contributed by atoms with van der Waals surface area (Å²) < 4.78 is 40.3. The van der Waals surface area contributed by atoms with Crippen molar-refractivity contribution in [1.82, 2.24) is 14.9 Å². The van der Waals surface area contributed by atoms with Crippen LogP contribution in [0.3, 0.4) is 0 Å². The molecule has 1 fully saturated rings. The molecule has 0 radical (unpaired) electrons. The molecule has 1 aromatic carbocycles. The van der Waals surface area contributed by atoms with Crippen molar-refractivity contribution >= 4 is 18.6 Å². The molecule has 0 unspecified atom stereocenters. The first-order valence-electron chi connectivity index (χ1n) is 12.0. The molecule has 1 spiro atoms. The predicted molar refractivity (Wildman–Crippen MR) is 127 cm³/mol. The van der Waals surface area contributed by atoms with Crippen LogP contribution in [0.25, 0.3) is 0 Å². The second-order valence-electron chi connectivity index (χ2n) is 9.61. The molecule has 1 aromatic rings. The summed E-state index contributed by atoms with van der Waals surface area (Å²) in [5.41, 5.74) is -2.76. The highest BCUT2D eigenvalue weighted by Crippen LogP contribution is 2.44. The lowest BCUT2D eigenvalue weighted by Crippen LogP contribution is -2.61. The monoisotopic (exact) mass is 525 g/mol. The van der Waals surface area contributed by atoms with Crippen LogP contribution in [0.2, 0.25) is 0 Å². The van der Waals surface area contributed by atoms with E-state index >= 15 is 0 Å². The molecular weight excluding hydrogens is 492 g/mol. The molecule has 1 heterocycles. The number of carbonyl (C=O) groups is 3. The minimum Gasteiger partial charge on any atom is -0.509 e. The maximum atomic E-state index is 14.9. The predicted octanol–water partition coefficient (Wildman–Crippen LogP) is 2.06. The Labute approximate surface area is 214 Å². The lowest BCUT2D eigenvalue weighted by atomic mass is 9.88. The van der Waals surface area contributed by atoms with Crippen LogP contribution in [0.15, 0.2) is 23.5 Å². The van der Waals surface area contributed by atoms with E-state index in [1.165, 1.54) is 31.0 Å². The lowest BCUT2D eigenvalue weighted by molar-refractivity contribution is -0.162. The number of aldehydes is 1. The molecule has 12 heteroatoms. The van der Waals surface area contributed by atoms with Gasteiger partial charge in [0, 0.05) is 19.2 Å². The van der Waals surface area contributed by atoms with E-state index in [-0.39, 0.29) is 55.6 Å². The number of hydrogen-bond acceptors (Lipinski definition) is 8. The van der Waals surface area contributed by atoms with Crippen molar-refractivity contribution in [3.63, 3.8) is 0 Å². The van der Waals surface area contributed by atoms with Crippen LogP contribution in [0.1, 0.15) is 45.1 Å². The average Bonchev–Trinajstić information content (AvgIpc) is 3.35. The number of nitrogens with zero attached hydrogens (tertiary/aromatic N) is 3. The second kappa shape index (κ2) is 11.5. The van der Waals surface area contributed by atoms with Gasteiger partial charge >= 0.3 is 0 Å². The molecule has 3 rings (SSSR count). The third-order valence-corrected chi connectivity index (χ3v) is 6.93. The van der Waals surface area contributed by atoms with Gasteiger partial charge in [-0.3, -0.25) is 19.4 Å². The summed E-state index contributed by atoms with van der Waals surface area (Å²) in [5.74, 6) is -3.84. The Bertz CT molecular complexity index is 1050. The molecule has 2 aliphatic rings. The van der Waals surface area contributed by atoms with Gasteiger partial charge in [0.25, 0.3) is 5.91 Å². The Morgan fingerprint density at radius 3 is 2.41 bits per heavy atom. The van der Waals surface area contributed by atoms with Crippen molar-refractivity contribution in [2.24, 2.45) is 0 Å². The average molecular weight is 526 g/mol. The fourth-order valence-corrected chi connectivity index (χ4v) is 4.71. The van der Waals surface area contributed by atoms with Gasteiger partial charge in [0.05, 0.1) is 25.3 Å². The van der Waals surface area contributed by atoms with Gasteiger partial charge in [0.15, 0.2) is 17.9 Å². The van der Waals surface area contributed by atoms with Crippen LogP contribution in [0, 0.1) is 11.6 Å². The van der Waals surface area contributed by atoms with Gasteiger partial charge in [-0.15, -0.1) is 0 Å². The summed E-state index contributed by atoms with van der Waals surface area (Å²) in [5, 5.41) is 23.1. The number of hydrogen-bond donors (Lipinski definition) is 2. The Morgan fingerprint density at radius 1 is 1.14 bits per heavy atom. The molecule has 1 aliphatic carbocycles. The van der Waals surface area contributed by atoms with Crippen molar-refractivity contribution in [2.75, 3.05) is 33.4 Å². The summed E-state index contributed by atoms with van der Waals surface area (Å²) in [4.78, 5) is 36.6. The van der Waals surface area contributed by atoms with Gasteiger partial charge in [-0.1, -0.05) is 18.9 Å². The number of halogens is 2. The molecule has 10 nitrogen and oxygen atoms in total. The number of amides is 2. The summed E-state index contributed by atoms with van der Waals surface area (Å²) in [6, 6.07) is 2.53.